The minimum atomic E-state index is -0.0618. The lowest BCUT2D eigenvalue weighted by atomic mass is 10.1. The highest BCUT2D eigenvalue weighted by Crippen LogP contribution is 2.30. The van der Waals surface area contributed by atoms with Gasteiger partial charge >= 0.3 is 0 Å². The topological polar surface area (TPSA) is 46.8 Å². The molecule has 0 bridgehead atoms. The number of carbonyl (C=O) groups excluding carboxylic acids is 1. The number of aromatic nitrogens is 2. The van der Waals surface area contributed by atoms with Crippen LogP contribution in [0.5, 0.6) is 0 Å². The van der Waals surface area contributed by atoms with Gasteiger partial charge in [0.2, 0.25) is 0 Å². The van der Waals surface area contributed by atoms with Gasteiger partial charge in [0.05, 0.1) is 23.5 Å². The number of hydrogen-bond donors (Lipinski definition) is 0. The zero-order valence-electron chi connectivity index (χ0n) is 13.3. The van der Waals surface area contributed by atoms with Crippen LogP contribution in [-0.2, 0) is 4.74 Å². The van der Waals surface area contributed by atoms with E-state index < -0.39 is 0 Å². The molecular weight excluding hydrogens is 354 g/mol. The molecule has 7 heteroatoms. The van der Waals surface area contributed by atoms with Gasteiger partial charge in [-0.2, -0.15) is 0 Å². The van der Waals surface area contributed by atoms with Crippen molar-refractivity contribution < 1.29 is 9.53 Å². The van der Waals surface area contributed by atoms with E-state index in [1.807, 2.05) is 57.3 Å². The molecule has 1 aromatic carbocycles. The number of imidazole rings is 1. The second-order valence-corrected chi connectivity index (χ2v) is 7.89. The number of hydrogen-bond acceptors (Lipinski definition) is 5. The maximum Gasteiger partial charge on any atom is 0.264 e. The summed E-state index contributed by atoms with van der Waals surface area (Å²) in [5.41, 5.74) is 2.12. The minimum absolute atomic E-state index is 0.0618. The fourth-order valence-corrected chi connectivity index (χ4v) is 4.98. The Kier molecular flexibility index (Phi) is 3.58. The first kappa shape index (κ1) is 15.1. The Morgan fingerprint density at radius 3 is 3.04 bits per heavy atom. The Balaban J connectivity index is 1.42. The summed E-state index contributed by atoms with van der Waals surface area (Å²) in [7, 11) is 0. The molecule has 0 radical (unpaired) electrons. The number of morpholine rings is 1. The molecule has 1 atom stereocenters. The summed E-state index contributed by atoms with van der Waals surface area (Å²) in [5, 5.41) is 2.01. The molecule has 4 heterocycles. The van der Waals surface area contributed by atoms with Gasteiger partial charge in [0, 0.05) is 18.1 Å². The van der Waals surface area contributed by atoms with E-state index >= 15 is 0 Å². The normalized spacial score (nSPS) is 18.2. The average Bonchev–Trinajstić information content (AvgIpc) is 3.34. The number of thiazole rings is 1. The lowest BCUT2D eigenvalue weighted by Gasteiger charge is -2.33. The van der Waals surface area contributed by atoms with E-state index in [9.17, 15) is 4.79 Å². The summed E-state index contributed by atoms with van der Waals surface area (Å²) in [4.78, 5) is 22.1. The van der Waals surface area contributed by atoms with Crippen molar-refractivity contribution in [1.29, 1.82) is 0 Å². The Bertz CT molecular complexity index is 1050. The van der Waals surface area contributed by atoms with Crippen molar-refractivity contribution in [3.8, 4) is 0 Å². The highest BCUT2D eigenvalue weighted by atomic mass is 32.1. The van der Waals surface area contributed by atoms with E-state index in [1.54, 1.807) is 11.3 Å². The molecule has 1 unspecified atom stereocenters. The van der Waals surface area contributed by atoms with Gasteiger partial charge in [-0.3, -0.25) is 9.20 Å². The van der Waals surface area contributed by atoms with Gasteiger partial charge in [-0.25, -0.2) is 4.98 Å². The second kappa shape index (κ2) is 5.94. The van der Waals surface area contributed by atoms with Gasteiger partial charge in [-0.1, -0.05) is 30.3 Å². The number of thiophene rings is 1. The lowest BCUT2D eigenvalue weighted by molar-refractivity contribution is -0.0226. The molecule has 1 fully saturated rings. The van der Waals surface area contributed by atoms with Crippen LogP contribution >= 0.6 is 22.7 Å². The third kappa shape index (κ3) is 2.55. The summed E-state index contributed by atoms with van der Waals surface area (Å²) in [6.07, 6.45) is 1.93. The largest absolute Gasteiger partial charge is 0.370 e. The van der Waals surface area contributed by atoms with E-state index in [0.29, 0.717) is 19.7 Å². The number of nitrogens with zero attached hydrogens (tertiary/aromatic N) is 3. The molecule has 25 heavy (non-hydrogen) atoms. The molecule has 0 aliphatic carbocycles. The van der Waals surface area contributed by atoms with E-state index in [4.69, 9.17) is 4.74 Å². The SMILES string of the molecule is O=C(c1cc2c(nc3sccn32)s1)N1CCOC(c2ccccc2)C1. The molecule has 5 rings (SSSR count). The Morgan fingerprint density at radius 2 is 2.16 bits per heavy atom. The van der Waals surface area contributed by atoms with Crippen molar-refractivity contribution in [2.45, 2.75) is 6.10 Å². The smallest absolute Gasteiger partial charge is 0.264 e. The Hall–Kier alpha value is -2.22. The van der Waals surface area contributed by atoms with E-state index in [0.717, 1.165) is 25.7 Å². The first-order valence-electron chi connectivity index (χ1n) is 8.10. The average molecular weight is 369 g/mol. The minimum Gasteiger partial charge on any atom is -0.370 e. The van der Waals surface area contributed by atoms with Gasteiger partial charge in [-0.15, -0.1) is 22.7 Å². The van der Waals surface area contributed by atoms with Crippen molar-refractivity contribution in [3.63, 3.8) is 0 Å². The summed E-state index contributed by atoms with van der Waals surface area (Å²) < 4.78 is 7.91. The first-order chi connectivity index (χ1) is 12.3. The van der Waals surface area contributed by atoms with Crippen molar-refractivity contribution in [3.05, 3.63) is 58.4 Å². The summed E-state index contributed by atoms with van der Waals surface area (Å²) >= 11 is 3.07. The van der Waals surface area contributed by atoms with Crippen LogP contribution in [-0.4, -0.2) is 39.9 Å². The third-order valence-corrected chi connectivity index (χ3v) is 6.24. The zero-order chi connectivity index (χ0) is 16.8. The molecule has 3 aromatic heterocycles. The number of amides is 1. The molecule has 1 aliphatic rings. The predicted octanol–water partition coefficient (Wildman–Crippen LogP) is 3.82. The maximum atomic E-state index is 13.0. The number of fused-ring (bicyclic) bond motifs is 3. The first-order valence-corrected chi connectivity index (χ1v) is 9.80. The number of rotatable bonds is 2. The molecule has 0 N–H and O–H groups in total. The van der Waals surface area contributed by atoms with Crippen molar-refractivity contribution in [2.24, 2.45) is 0 Å². The van der Waals surface area contributed by atoms with Crippen LogP contribution < -0.4 is 0 Å². The van der Waals surface area contributed by atoms with Crippen molar-refractivity contribution in [1.82, 2.24) is 14.3 Å². The van der Waals surface area contributed by atoms with Crippen LogP contribution in [0.3, 0.4) is 0 Å². The zero-order valence-corrected chi connectivity index (χ0v) is 14.9. The van der Waals surface area contributed by atoms with Crippen LogP contribution in [0.2, 0.25) is 0 Å². The highest BCUT2D eigenvalue weighted by molar-refractivity contribution is 7.21. The molecule has 1 aliphatic heterocycles. The molecular formula is C18H15N3O2S2. The van der Waals surface area contributed by atoms with Crippen LogP contribution in [0.15, 0.2) is 48.0 Å². The molecule has 0 spiro atoms. The number of carbonyl (C=O) groups is 1. The standard InChI is InChI=1S/C18H15N3O2S2/c22-17(15-10-13-16(25-15)19-18-21(13)7-9-24-18)20-6-8-23-14(11-20)12-4-2-1-3-5-12/h1-5,7,9-10,14H,6,8,11H2. The highest BCUT2D eigenvalue weighted by Gasteiger charge is 2.27. The fraction of sp³-hybridized carbons (Fsp3) is 0.222. The second-order valence-electron chi connectivity index (χ2n) is 5.99. The van der Waals surface area contributed by atoms with Gasteiger partial charge in [0.25, 0.3) is 5.91 Å². The van der Waals surface area contributed by atoms with Gasteiger partial charge in [-0.05, 0) is 11.6 Å². The van der Waals surface area contributed by atoms with Gasteiger partial charge < -0.3 is 9.64 Å². The van der Waals surface area contributed by atoms with E-state index in [1.165, 1.54) is 11.3 Å². The van der Waals surface area contributed by atoms with Crippen LogP contribution in [0.1, 0.15) is 21.3 Å². The monoisotopic (exact) mass is 369 g/mol. The summed E-state index contributed by atoms with van der Waals surface area (Å²) in [5.74, 6) is 0.0659. The number of benzene rings is 1. The lowest BCUT2D eigenvalue weighted by Crippen LogP contribution is -2.42. The molecule has 126 valence electrons. The summed E-state index contributed by atoms with van der Waals surface area (Å²) in [6, 6.07) is 12.0. The van der Waals surface area contributed by atoms with Crippen molar-refractivity contribution >= 4 is 43.9 Å². The quantitative estimate of drug-likeness (QED) is 0.540. The van der Waals surface area contributed by atoms with E-state index in [-0.39, 0.29) is 12.0 Å². The fourth-order valence-electron chi connectivity index (χ4n) is 3.21. The maximum absolute atomic E-state index is 13.0. The molecule has 1 amide bonds. The molecule has 0 saturated carbocycles. The van der Waals surface area contributed by atoms with Gasteiger partial charge in [0.15, 0.2) is 4.96 Å². The van der Waals surface area contributed by atoms with E-state index in [2.05, 4.69) is 4.98 Å². The third-order valence-electron chi connectivity index (χ3n) is 4.48. The predicted molar refractivity (Wildman–Crippen MR) is 99.5 cm³/mol. The molecule has 5 nitrogen and oxygen atoms in total. The molecule has 1 saturated heterocycles. The van der Waals surface area contributed by atoms with Crippen LogP contribution in [0, 0.1) is 0 Å². The molecule has 4 aromatic rings. The van der Waals surface area contributed by atoms with Crippen LogP contribution in [0.25, 0.3) is 15.3 Å². The van der Waals surface area contributed by atoms with Crippen LogP contribution in [0.4, 0.5) is 0 Å². The van der Waals surface area contributed by atoms with Crippen molar-refractivity contribution in [2.75, 3.05) is 19.7 Å². The van der Waals surface area contributed by atoms with Gasteiger partial charge in [0.1, 0.15) is 10.9 Å². The summed E-state index contributed by atoms with van der Waals surface area (Å²) in [6.45, 7) is 1.77. The Morgan fingerprint density at radius 1 is 1.28 bits per heavy atom. The Labute approximate surface area is 152 Å². The number of ether oxygens (including phenoxy) is 1.